The van der Waals surface area contributed by atoms with Gasteiger partial charge in [-0.15, -0.1) is 12.4 Å². The largest absolute Gasteiger partial charge is 0.329 e. The number of sulfonamides is 1. The van der Waals surface area contributed by atoms with E-state index in [-0.39, 0.29) is 34.9 Å². The van der Waals surface area contributed by atoms with Crippen LogP contribution in [0.5, 0.6) is 0 Å². The van der Waals surface area contributed by atoms with E-state index in [1.807, 2.05) is 6.92 Å². The van der Waals surface area contributed by atoms with Crippen LogP contribution in [-0.2, 0) is 10.0 Å². The molecule has 0 aliphatic heterocycles. The Morgan fingerprint density at radius 2 is 2.10 bits per heavy atom. The monoisotopic (exact) mass is 344 g/mol. The number of halogens is 3. The van der Waals surface area contributed by atoms with Gasteiger partial charge in [-0.25, -0.2) is 17.5 Å². The van der Waals surface area contributed by atoms with Crippen LogP contribution in [0.3, 0.4) is 0 Å². The molecule has 0 aliphatic rings. The lowest BCUT2D eigenvalue weighted by Gasteiger charge is -2.17. The molecular weight excluding hydrogens is 326 g/mol. The average Bonchev–Trinajstić information content (AvgIpc) is 2.33. The molecule has 3 N–H and O–H groups in total. The van der Waals surface area contributed by atoms with Gasteiger partial charge < -0.3 is 5.73 Å². The summed E-state index contributed by atoms with van der Waals surface area (Å²) in [6.45, 7) is 2.22. The molecule has 1 aromatic carbocycles. The third-order valence-electron chi connectivity index (χ3n) is 2.70. The molecule has 1 unspecified atom stereocenters. The van der Waals surface area contributed by atoms with E-state index in [0.29, 0.717) is 6.42 Å². The molecule has 0 radical (unpaired) electrons. The van der Waals surface area contributed by atoms with Crippen molar-refractivity contribution in [2.45, 2.75) is 37.1 Å². The first kappa shape index (κ1) is 19.6. The molecule has 0 aromatic heterocycles. The van der Waals surface area contributed by atoms with Crippen molar-refractivity contribution in [3.8, 4) is 0 Å². The van der Waals surface area contributed by atoms with Gasteiger partial charge in [0, 0.05) is 12.6 Å². The zero-order valence-electron chi connectivity index (χ0n) is 11.1. The molecule has 0 amide bonds. The topological polar surface area (TPSA) is 72.2 Å². The van der Waals surface area contributed by atoms with Crippen LogP contribution in [0.1, 0.15) is 26.2 Å². The fraction of sp³-hybridized carbons (Fsp3) is 0.500. The van der Waals surface area contributed by atoms with Crippen molar-refractivity contribution in [3.05, 3.63) is 29.0 Å². The summed E-state index contributed by atoms with van der Waals surface area (Å²) >= 11 is 5.75. The third-order valence-corrected chi connectivity index (χ3v) is 4.70. The molecular formula is C12H19Cl2FN2O2S. The zero-order valence-corrected chi connectivity index (χ0v) is 13.5. The summed E-state index contributed by atoms with van der Waals surface area (Å²) in [7, 11) is -3.78. The second-order valence-corrected chi connectivity index (χ2v) is 6.36. The Morgan fingerprint density at radius 1 is 1.45 bits per heavy atom. The molecule has 116 valence electrons. The number of nitrogens with two attached hydrogens (primary N) is 1. The van der Waals surface area contributed by atoms with Gasteiger partial charge in [0.25, 0.3) is 0 Å². The summed E-state index contributed by atoms with van der Waals surface area (Å²) in [5.41, 5.74) is 5.54. The lowest BCUT2D eigenvalue weighted by molar-refractivity contribution is 0.516. The van der Waals surface area contributed by atoms with Crippen LogP contribution in [0.4, 0.5) is 4.39 Å². The number of hydrogen-bond donors (Lipinski definition) is 2. The smallest absolute Gasteiger partial charge is 0.242 e. The van der Waals surface area contributed by atoms with Crippen LogP contribution < -0.4 is 10.5 Å². The Hall–Kier alpha value is -0.400. The van der Waals surface area contributed by atoms with Gasteiger partial charge in [-0.05, 0) is 24.6 Å². The predicted molar refractivity (Wildman–Crippen MR) is 81.3 cm³/mol. The first-order valence-electron chi connectivity index (χ1n) is 6.08. The number of hydrogen-bond acceptors (Lipinski definition) is 3. The van der Waals surface area contributed by atoms with Crippen LogP contribution in [0.15, 0.2) is 23.1 Å². The van der Waals surface area contributed by atoms with Gasteiger partial charge in [0.05, 0.1) is 5.02 Å². The zero-order chi connectivity index (χ0) is 14.5. The minimum atomic E-state index is -3.78. The molecule has 8 heteroatoms. The normalized spacial score (nSPS) is 12.8. The van der Waals surface area contributed by atoms with Crippen molar-refractivity contribution >= 4 is 34.0 Å². The van der Waals surface area contributed by atoms with E-state index in [1.165, 1.54) is 0 Å². The SMILES string of the molecule is CCCCC(CN)NS(=O)(=O)c1ccc(F)cc1Cl.Cl. The highest BCUT2D eigenvalue weighted by Crippen LogP contribution is 2.22. The van der Waals surface area contributed by atoms with Gasteiger partial charge in [-0.2, -0.15) is 0 Å². The second-order valence-electron chi connectivity index (χ2n) is 4.27. The first-order chi connectivity index (χ1) is 8.90. The fourth-order valence-electron chi connectivity index (χ4n) is 1.65. The Morgan fingerprint density at radius 3 is 2.60 bits per heavy atom. The third kappa shape index (κ3) is 5.54. The van der Waals surface area contributed by atoms with Crippen LogP contribution in [-0.4, -0.2) is 21.0 Å². The molecule has 0 bridgehead atoms. The maximum absolute atomic E-state index is 12.9. The Bertz CT molecular complexity index is 526. The standard InChI is InChI=1S/C12H18ClFN2O2S.ClH/c1-2-3-4-10(8-15)16-19(17,18)12-6-5-9(14)7-11(12)13;/h5-7,10,16H,2-4,8,15H2,1H3;1H. The molecule has 1 atom stereocenters. The lowest BCUT2D eigenvalue weighted by atomic mass is 10.1. The van der Waals surface area contributed by atoms with E-state index in [1.54, 1.807) is 0 Å². The molecule has 0 spiro atoms. The van der Waals surface area contributed by atoms with Crippen molar-refractivity contribution in [2.24, 2.45) is 5.73 Å². The molecule has 0 saturated heterocycles. The summed E-state index contributed by atoms with van der Waals surface area (Å²) < 4.78 is 39.7. The van der Waals surface area contributed by atoms with Crippen LogP contribution in [0, 0.1) is 5.82 Å². The van der Waals surface area contributed by atoms with Gasteiger partial charge in [-0.3, -0.25) is 0 Å². The molecule has 4 nitrogen and oxygen atoms in total. The van der Waals surface area contributed by atoms with E-state index >= 15 is 0 Å². The summed E-state index contributed by atoms with van der Waals surface area (Å²) in [6, 6.07) is 2.84. The molecule has 0 aliphatic carbocycles. The van der Waals surface area contributed by atoms with Crippen LogP contribution in [0.25, 0.3) is 0 Å². The van der Waals surface area contributed by atoms with Crippen molar-refractivity contribution in [2.75, 3.05) is 6.54 Å². The van der Waals surface area contributed by atoms with Crippen molar-refractivity contribution in [1.29, 1.82) is 0 Å². The van der Waals surface area contributed by atoms with Gasteiger partial charge in [-0.1, -0.05) is 31.4 Å². The van der Waals surface area contributed by atoms with Gasteiger partial charge in [0.1, 0.15) is 10.7 Å². The van der Waals surface area contributed by atoms with E-state index in [9.17, 15) is 12.8 Å². The Kier molecular flexibility index (Phi) is 8.62. The minimum Gasteiger partial charge on any atom is -0.329 e. The number of benzene rings is 1. The maximum atomic E-state index is 12.9. The number of rotatable bonds is 7. The maximum Gasteiger partial charge on any atom is 0.242 e. The second kappa shape index (κ2) is 8.79. The Labute approximate surface area is 130 Å². The molecule has 1 rings (SSSR count). The molecule has 20 heavy (non-hydrogen) atoms. The highest BCUT2D eigenvalue weighted by atomic mass is 35.5. The lowest BCUT2D eigenvalue weighted by Crippen LogP contribution is -2.40. The summed E-state index contributed by atoms with van der Waals surface area (Å²) in [4.78, 5) is -0.134. The molecule has 0 fully saturated rings. The summed E-state index contributed by atoms with van der Waals surface area (Å²) in [5, 5.41) is -0.140. The van der Waals surface area contributed by atoms with Crippen molar-refractivity contribution in [3.63, 3.8) is 0 Å². The quantitative estimate of drug-likeness (QED) is 0.798. The summed E-state index contributed by atoms with van der Waals surface area (Å²) in [6.07, 6.45) is 2.49. The Balaban J connectivity index is 0.00000361. The predicted octanol–water partition coefficient (Wildman–Crippen LogP) is 2.70. The molecule has 0 heterocycles. The minimum absolute atomic E-state index is 0. The van der Waals surface area contributed by atoms with Gasteiger partial charge in [0.15, 0.2) is 0 Å². The van der Waals surface area contributed by atoms with Gasteiger partial charge in [0.2, 0.25) is 10.0 Å². The van der Waals surface area contributed by atoms with E-state index in [0.717, 1.165) is 31.0 Å². The number of unbranched alkanes of at least 4 members (excludes halogenated alkanes) is 1. The fourth-order valence-corrected chi connectivity index (χ4v) is 3.47. The van der Waals surface area contributed by atoms with Crippen LogP contribution >= 0.6 is 24.0 Å². The average molecular weight is 345 g/mol. The molecule has 0 saturated carbocycles. The van der Waals surface area contributed by atoms with E-state index < -0.39 is 15.8 Å². The molecule has 1 aromatic rings. The highest BCUT2D eigenvalue weighted by molar-refractivity contribution is 7.89. The summed E-state index contributed by atoms with van der Waals surface area (Å²) in [5.74, 6) is -0.578. The van der Waals surface area contributed by atoms with Gasteiger partial charge >= 0.3 is 0 Å². The van der Waals surface area contributed by atoms with Crippen molar-refractivity contribution in [1.82, 2.24) is 4.72 Å². The van der Waals surface area contributed by atoms with Crippen molar-refractivity contribution < 1.29 is 12.8 Å². The van der Waals surface area contributed by atoms with Crippen LogP contribution in [0.2, 0.25) is 5.02 Å². The van der Waals surface area contributed by atoms with E-state index in [2.05, 4.69) is 4.72 Å². The first-order valence-corrected chi connectivity index (χ1v) is 7.94. The highest BCUT2D eigenvalue weighted by Gasteiger charge is 2.21. The van der Waals surface area contributed by atoms with E-state index in [4.69, 9.17) is 17.3 Å². The number of nitrogens with one attached hydrogen (secondary N) is 1.